The van der Waals surface area contributed by atoms with Crippen molar-refractivity contribution < 1.29 is 13.2 Å². The van der Waals surface area contributed by atoms with Crippen molar-refractivity contribution in [2.24, 2.45) is 5.92 Å². The van der Waals surface area contributed by atoms with Gasteiger partial charge in [-0.3, -0.25) is 4.72 Å². The zero-order valence-electron chi connectivity index (χ0n) is 16.1. The molecule has 2 aromatic rings. The van der Waals surface area contributed by atoms with Crippen LogP contribution in [0.1, 0.15) is 37.0 Å². The van der Waals surface area contributed by atoms with Crippen molar-refractivity contribution in [3.8, 4) is 5.75 Å². The van der Waals surface area contributed by atoms with Crippen LogP contribution in [0.4, 0.5) is 5.69 Å². The fourth-order valence-corrected chi connectivity index (χ4v) is 3.61. The van der Waals surface area contributed by atoms with Crippen molar-refractivity contribution in [2.45, 2.75) is 39.5 Å². The molecule has 0 saturated carbocycles. The number of benzene rings is 2. The molecule has 0 fully saturated rings. The van der Waals surface area contributed by atoms with Gasteiger partial charge in [-0.2, -0.15) is 0 Å². The smallest absolute Gasteiger partial charge is 0.229 e. The largest absolute Gasteiger partial charge is 0.497 e. The maximum absolute atomic E-state index is 11.5. The summed E-state index contributed by atoms with van der Waals surface area (Å²) >= 11 is 0. The lowest BCUT2D eigenvalue weighted by Gasteiger charge is -2.14. The van der Waals surface area contributed by atoms with Crippen LogP contribution < -0.4 is 9.46 Å². The Bertz CT molecular complexity index is 812. The van der Waals surface area contributed by atoms with Gasteiger partial charge in [-0.15, -0.1) is 0 Å². The molecule has 4 nitrogen and oxygen atoms in total. The average Bonchev–Trinajstić information content (AvgIpc) is 2.56. The zero-order chi connectivity index (χ0) is 19.2. The molecule has 142 valence electrons. The van der Waals surface area contributed by atoms with Gasteiger partial charge in [0.05, 0.1) is 13.4 Å². The molecule has 0 unspecified atom stereocenters. The number of methoxy groups -OCH3 is 1. The van der Waals surface area contributed by atoms with Crippen LogP contribution in [0.5, 0.6) is 5.75 Å². The first-order valence-corrected chi connectivity index (χ1v) is 10.9. The van der Waals surface area contributed by atoms with Gasteiger partial charge in [0, 0.05) is 5.69 Å². The van der Waals surface area contributed by atoms with Crippen LogP contribution in [-0.4, -0.2) is 21.8 Å². The third-order valence-corrected chi connectivity index (χ3v) is 4.81. The van der Waals surface area contributed by atoms with E-state index in [1.54, 1.807) is 7.11 Å². The molecule has 0 aliphatic heterocycles. The van der Waals surface area contributed by atoms with E-state index in [9.17, 15) is 8.42 Å². The summed E-state index contributed by atoms with van der Waals surface area (Å²) < 4.78 is 30.8. The van der Waals surface area contributed by atoms with Crippen molar-refractivity contribution in [1.82, 2.24) is 0 Å². The molecule has 2 rings (SSSR count). The number of nitrogens with one attached hydrogen (secondary N) is 1. The van der Waals surface area contributed by atoms with Crippen LogP contribution in [-0.2, 0) is 29.3 Å². The van der Waals surface area contributed by atoms with Gasteiger partial charge in [0.15, 0.2) is 0 Å². The minimum atomic E-state index is -3.26. The summed E-state index contributed by atoms with van der Waals surface area (Å²) in [6.07, 6.45) is 5.09. The molecular formula is C21H29NO3S. The van der Waals surface area contributed by atoms with Crippen molar-refractivity contribution in [3.63, 3.8) is 0 Å². The quantitative estimate of drug-likeness (QED) is 0.705. The van der Waals surface area contributed by atoms with E-state index < -0.39 is 10.0 Å². The Morgan fingerprint density at radius 2 is 1.69 bits per heavy atom. The van der Waals surface area contributed by atoms with Crippen molar-refractivity contribution in [2.75, 3.05) is 18.1 Å². The number of sulfonamides is 1. The van der Waals surface area contributed by atoms with E-state index in [0.717, 1.165) is 31.4 Å². The molecule has 0 aliphatic rings. The maximum Gasteiger partial charge on any atom is 0.229 e. The first-order chi connectivity index (χ1) is 12.3. The minimum absolute atomic E-state index is 0.559. The van der Waals surface area contributed by atoms with Gasteiger partial charge in [0.1, 0.15) is 5.75 Å². The van der Waals surface area contributed by atoms with Gasteiger partial charge >= 0.3 is 0 Å². The van der Waals surface area contributed by atoms with Crippen LogP contribution in [0.3, 0.4) is 0 Å². The highest BCUT2D eigenvalue weighted by Gasteiger charge is 2.09. The zero-order valence-corrected chi connectivity index (χ0v) is 16.9. The van der Waals surface area contributed by atoms with E-state index in [0.29, 0.717) is 11.6 Å². The summed E-state index contributed by atoms with van der Waals surface area (Å²) in [7, 11) is -1.59. The molecule has 0 spiro atoms. The highest BCUT2D eigenvalue weighted by molar-refractivity contribution is 7.92. The number of ether oxygens (including phenoxy) is 1. The van der Waals surface area contributed by atoms with Crippen LogP contribution in [0.25, 0.3) is 0 Å². The third-order valence-electron chi connectivity index (χ3n) is 4.21. The predicted octanol–water partition coefficient (Wildman–Crippen LogP) is 4.44. The molecule has 0 amide bonds. The number of hydrogen-bond donors (Lipinski definition) is 1. The van der Waals surface area contributed by atoms with E-state index >= 15 is 0 Å². The average molecular weight is 376 g/mol. The summed E-state index contributed by atoms with van der Waals surface area (Å²) in [6, 6.07) is 14.0. The van der Waals surface area contributed by atoms with Gasteiger partial charge in [-0.1, -0.05) is 32.0 Å². The van der Waals surface area contributed by atoms with Crippen LogP contribution in [0.2, 0.25) is 0 Å². The Morgan fingerprint density at radius 1 is 1.00 bits per heavy atom. The molecule has 0 saturated heterocycles. The van der Waals surface area contributed by atoms with Gasteiger partial charge < -0.3 is 4.74 Å². The fraction of sp³-hybridized carbons (Fsp3) is 0.429. The molecule has 1 N–H and O–H groups in total. The van der Waals surface area contributed by atoms with E-state index in [1.165, 1.54) is 22.9 Å². The molecule has 2 aromatic carbocycles. The summed E-state index contributed by atoms with van der Waals surface area (Å²) in [5.74, 6) is 1.43. The Balaban J connectivity index is 2.09. The highest BCUT2D eigenvalue weighted by atomic mass is 32.2. The summed E-state index contributed by atoms with van der Waals surface area (Å²) in [5, 5.41) is 0. The Labute approximate surface area is 157 Å². The second-order valence-corrected chi connectivity index (χ2v) is 8.91. The van der Waals surface area contributed by atoms with E-state index in [4.69, 9.17) is 4.74 Å². The van der Waals surface area contributed by atoms with Gasteiger partial charge in [-0.05, 0) is 72.6 Å². The molecule has 0 radical (unpaired) electrons. The molecular weight excluding hydrogens is 346 g/mol. The van der Waals surface area contributed by atoms with Crippen molar-refractivity contribution in [3.05, 3.63) is 59.2 Å². The van der Waals surface area contributed by atoms with Crippen molar-refractivity contribution >= 4 is 15.7 Å². The third kappa shape index (κ3) is 6.71. The van der Waals surface area contributed by atoms with Crippen LogP contribution in [0, 0.1) is 5.92 Å². The molecule has 0 atom stereocenters. The number of aryl methyl sites for hydroxylation is 2. The molecule has 0 aromatic heterocycles. The fourth-order valence-electron chi connectivity index (χ4n) is 3.05. The summed E-state index contributed by atoms with van der Waals surface area (Å²) in [6.45, 7) is 4.40. The van der Waals surface area contributed by atoms with E-state index in [2.05, 4.69) is 36.8 Å². The monoisotopic (exact) mass is 375 g/mol. The highest BCUT2D eigenvalue weighted by Crippen LogP contribution is 2.22. The molecule has 0 aliphatic carbocycles. The molecule has 0 bridgehead atoms. The second kappa shape index (κ2) is 9.08. The Morgan fingerprint density at radius 3 is 2.27 bits per heavy atom. The number of anilines is 1. The normalized spacial score (nSPS) is 11.6. The Hall–Kier alpha value is -2.01. The van der Waals surface area contributed by atoms with Gasteiger partial charge in [0.25, 0.3) is 0 Å². The topological polar surface area (TPSA) is 55.4 Å². The summed E-state index contributed by atoms with van der Waals surface area (Å²) in [4.78, 5) is 0. The van der Waals surface area contributed by atoms with Gasteiger partial charge in [-0.25, -0.2) is 8.42 Å². The second-order valence-electron chi connectivity index (χ2n) is 7.16. The van der Waals surface area contributed by atoms with Gasteiger partial charge in [0.2, 0.25) is 10.0 Å². The molecule has 0 heterocycles. The SMILES string of the molecule is COc1ccc(CCCc2cc(NS(C)(=O)=O)ccc2CC(C)C)cc1. The Kier molecular flexibility index (Phi) is 7.09. The number of hydrogen-bond acceptors (Lipinski definition) is 3. The summed E-state index contributed by atoms with van der Waals surface area (Å²) in [5.41, 5.74) is 4.44. The predicted molar refractivity (Wildman–Crippen MR) is 108 cm³/mol. The lowest BCUT2D eigenvalue weighted by Crippen LogP contribution is -2.10. The maximum atomic E-state index is 11.5. The molecule has 26 heavy (non-hydrogen) atoms. The number of rotatable bonds is 9. The van der Waals surface area contributed by atoms with Crippen LogP contribution in [0.15, 0.2) is 42.5 Å². The molecule has 5 heteroatoms. The lowest BCUT2D eigenvalue weighted by molar-refractivity contribution is 0.414. The van der Waals surface area contributed by atoms with E-state index in [-0.39, 0.29) is 0 Å². The van der Waals surface area contributed by atoms with E-state index in [1.807, 2.05) is 24.3 Å². The van der Waals surface area contributed by atoms with Crippen molar-refractivity contribution in [1.29, 1.82) is 0 Å². The van der Waals surface area contributed by atoms with Crippen LogP contribution >= 0.6 is 0 Å². The minimum Gasteiger partial charge on any atom is -0.497 e. The first-order valence-electron chi connectivity index (χ1n) is 8.99. The standard InChI is InChI=1S/C21H29NO3S/c1-16(2)14-19-10-11-20(22-26(4,23)24)15-18(19)7-5-6-17-8-12-21(25-3)13-9-17/h8-13,15-16,22H,5-7,14H2,1-4H3. The first kappa shape index (κ1) is 20.3. The lowest BCUT2D eigenvalue weighted by atomic mass is 9.94.